The van der Waals surface area contributed by atoms with Crippen molar-refractivity contribution in [3.8, 4) is 0 Å². The number of nitrogens with zero attached hydrogens (tertiary/aromatic N) is 2. The Morgan fingerprint density at radius 1 is 1.05 bits per heavy atom. The average molecular weight is 647 g/mol. The molecule has 2 aliphatic rings. The molecule has 0 bridgehead atoms. The van der Waals surface area contributed by atoms with Crippen LogP contribution in [0.3, 0.4) is 0 Å². The van der Waals surface area contributed by atoms with Gasteiger partial charge in [0.2, 0.25) is 15.9 Å². The van der Waals surface area contributed by atoms with Crippen LogP contribution in [0.4, 0.5) is 13.2 Å². The van der Waals surface area contributed by atoms with E-state index in [4.69, 9.17) is 28.3 Å². The fourth-order valence-corrected chi connectivity index (χ4v) is 7.10. The van der Waals surface area contributed by atoms with E-state index in [2.05, 4.69) is 5.32 Å². The van der Waals surface area contributed by atoms with Crippen LogP contribution < -0.4 is 5.32 Å². The first-order valence-electron chi connectivity index (χ1n) is 12.8. The Hall–Kier alpha value is -2.90. The van der Waals surface area contributed by atoms with Gasteiger partial charge in [0.1, 0.15) is 6.04 Å². The number of hydrogen-bond donors (Lipinski definition) is 2. The number of rotatable bonds is 9. The molecule has 42 heavy (non-hydrogen) atoms. The van der Waals surface area contributed by atoms with Gasteiger partial charge in [-0.05, 0) is 42.3 Å². The van der Waals surface area contributed by atoms with Gasteiger partial charge in [0, 0.05) is 35.1 Å². The lowest BCUT2D eigenvalue weighted by atomic mass is 9.83. The predicted molar refractivity (Wildman–Crippen MR) is 153 cm³/mol. The smallest absolute Gasteiger partial charge is 0.411 e. The second kappa shape index (κ2) is 12.0. The Morgan fingerprint density at radius 2 is 1.55 bits per heavy atom. The van der Waals surface area contributed by atoms with Gasteiger partial charge in [-0.3, -0.25) is 14.5 Å². The Kier molecular flexibility index (Phi) is 9.15. The number of sulfonamides is 1. The molecule has 4 rings (SSSR count). The molecule has 2 atom stereocenters. The highest BCUT2D eigenvalue weighted by molar-refractivity contribution is 7.88. The molecule has 14 heteroatoms. The van der Waals surface area contributed by atoms with Crippen LogP contribution >= 0.6 is 23.2 Å². The monoisotopic (exact) mass is 645 g/mol. The van der Waals surface area contributed by atoms with E-state index in [0.29, 0.717) is 20.6 Å². The lowest BCUT2D eigenvalue weighted by Gasteiger charge is -2.54. The van der Waals surface area contributed by atoms with Gasteiger partial charge in [-0.25, -0.2) is 8.42 Å². The zero-order valence-electron chi connectivity index (χ0n) is 22.5. The highest BCUT2D eigenvalue weighted by Gasteiger charge is 2.63. The summed E-state index contributed by atoms with van der Waals surface area (Å²) < 4.78 is 71.4. The van der Waals surface area contributed by atoms with E-state index < -0.39 is 63.7 Å². The quantitative estimate of drug-likeness (QED) is 0.406. The normalized spacial score (nSPS) is 20.7. The molecule has 1 unspecified atom stereocenters. The molecule has 0 spiro atoms. The molecular weight excluding hydrogens is 618 g/mol. The van der Waals surface area contributed by atoms with Gasteiger partial charge in [-0.1, -0.05) is 65.7 Å². The van der Waals surface area contributed by atoms with Crippen molar-refractivity contribution in [2.45, 2.75) is 43.2 Å². The number of nitrogens with one attached hydrogen (secondary N) is 1. The first-order chi connectivity index (χ1) is 19.5. The van der Waals surface area contributed by atoms with E-state index in [0.717, 1.165) is 29.4 Å². The third-order valence-corrected chi connectivity index (χ3v) is 9.18. The van der Waals surface area contributed by atoms with Crippen molar-refractivity contribution in [1.82, 2.24) is 14.5 Å². The molecule has 1 saturated heterocycles. The summed E-state index contributed by atoms with van der Waals surface area (Å²) in [6.45, 7) is 1.08. The lowest BCUT2D eigenvalue weighted by Crippen LogP contribution is -2.71. The lowest BCUT2D eigenvalue weighted by molar-refractivity contribution is -0.211. The Labute approximate surface area is 251 Å². The maximum absolute atomic E-state index is 14.9. The zero-order chi connectivity index (χ0) is 31.0. The van der Waals surface area contributed by atoms with Gasteiger partial charge < -0.3 is 10.4 Å². The van der Waals surface area contributed by atoms with Crippen LogP contribution in [0, 0.1) is 0 Å². The fraction of sp³-hybridized carbons (Fsp3) is 0.357. The second-order valence-corrected chi connectivity index (χ2v) is 13.1. The van der Waals surface area contributed by atoms with Crippen molar-refractivity contribution in [3.63, 3.8) is 0 Å². The van der Waals surface area contributed by atoms with Crippen molar-refractivity contribution in [2.24, 2.45) is 0 Å². The van der Waals surface area contributed by atoms with E-state index in [1.54, 1.807) is 48.5 Å². The van der Waals surface area contributed by atoms with Crippen LogP contribution in [-0.2, 0) is 19.6 Å². The van der Waals surface area contributed by atoms with Crippen LogP contribution in [0.15, 0.2) is 72.3 Å². The van der Waals surface area contributed by atoms with Crippen molar-refractivity contribution >= 4 is 45.1 Å². The summed E-state index contributed by atoms with van der Waals surface area (Å²) in [6.07, 6.45) is -2.58. The number of carbonyl (C=O) groups excluding carboxylic acids is 1. The summed E-state index contributed by atoms with van der Waals surface area (Å²) in [4.78, 5) is 25.7. The standard InChI is InChI=1S/C28H28Cl2F3N3O5S/c1-17(26(38)39)34-25(37)20-4-3-13-27(14-20,28(31,32)33)36(42(2,40)41)23-15-35(16-23)24(18-5-9-21(29)10-6-18)19-7-11-22(30)12-8-19/h3-13,17,23-24H,14-16H2,1-2H3,(H,34,37)(H,38,39)/t17-,27?/m0/s1. The van der Waals surface area contributed by atoms with Crippen LogP contribution in [0.2, 0.25) is 10.0 Å². The maximum Gasteiger partial charge on any atom is 0.411 e. The molecule has 1 fully saturated rings. The molecule has 2 aromatic carbocycles. The van der Waals surface area contributed by atoms with Crippen LogP contribution in [0.5, 0.6) is 0 Å². The molecule has 0 saturated carbocycles. The van der Waals surface area contributed by atoms with Crippen molar-refractivity contribution in [2.75, 3.05) is 19.3 Å². The fourth-order valence-electron chi connectivity index (χ4n) is 5.35. The number of carboxylic acids is 1. The molecule has 2 aromatic rings. The summed E-state index contributed by atoms with van der Waals surface area (Å²) in [6, 6.07) is 11.0. The SMILES string of the molecule is C[C@H](NC(=O)C1=CC=CC(N(C2CN(C(c3ccc(Cl)cc3)c3ccc(Cl)cc3)C2)S(C)(=O)=O)(C(F)(F)F)C1)C(=O)O. The van der Waals surface area contributed by atoms with Gasteiger partial charge in [0.25, 0.3) is 0 Å². The number of allylic oxidation sites excluding steroid dienone is 2. The number of carboxylic acid groups (broad SMARTS) is 1. The van der Waals surface area contributed by atoms with Crippen molar-refractivity contribution < 1.29 is 36.3 Å². The minimum atomic E-state index is -5.11. The molecule has 8 nitrogen and oxygen atoms in total. The number of aliphatic carboxylic acids is 1. The largest absolute Gasteiger partial charge is 0.480 e. The number of alkyl halides is 3. The Bertz CT molecular complexity index is 1460. The minimum Gasteiger partial charge on any atom is -0.480 e. The highest BCUT2D eigenvalue weighted by atomic mass is 35.5. The van der Waals surface area contributed by atoms with E-state index in [-0.39, 0.29) is 13.1 Å². The maximum atomic E-state index is 14.9. The topological polar surface area (TPSA) is 107 Å². The Morgan fingerprint density at radius 3 is 1.98 bits per heavy atom. The molecule has 1 aliphatic heterocycles. The summed E-state index contributed by atoms with van der Waals surface area (Å²) in [5.41, 5.74) is -1.87. The van der Waals surface area contributed by atoms with E-state index in [1.807, 2.05) is 4.90 Å². The second-order valence-electron chi connectivity index (χ2n) is 10.4. The minimum absolute atomic E-state index is 0.0457. The summed E-state index contributed by atoms with van der Waals surface area (Å²) in [5.74, 6) is -2.40. The molecule has 2 N–H and O–H groups in total. The van der Waals surface area contributed by atoms with Crippen LogP contribution in [-0.4, -0.2) is 77.8 Å². The molecule has 1 amide bonds. The zero-order valence-corrected chi connectivity index (χ0v) is 24.8. The van der Waals surface area contributed by atoms with Crippen LogP contribution in [0.1, 0.15) is 30.5 Å². The molecule has 226 valence electrons. The summed E-state index contributed by atoms with van der Waals surface area (Å²) >= 11 is 12.1. The van der Waals surface area contributed by atoms with Gasteiger partial charge in [0.05, 0.1) is 18.3 Å². The van der Waals surface area contributed by atoms with Crippen molar-refractivity contribution in [3.05, 3.63) is 93.5 Å². The molecule has 0 radical (unpaired) electrons. The number of halogens is 5. The molecule has 1 aliphatic carbocycles. The number of likely N-dealkylation sites (tertiary alicyclic amines) is 1. The average Bonchev–Trinajstić information content (AvgIpc) is 2.87. The predicted octanol–water partition coefficient (Wildman–Crippen LogP) is 4.81. The number of benzene rings is 2. The molecule has 0 aromatic heterocycles. The van der Waals surface area contributed by atoms with E-state index in [1.165, 1.54) is 6.92 Å². The van der Waals surface area contributed by atoms with Gasteiger partial charge >= 0.3 is 12.1 Å². The van der Waals surface area contributed by atoms with Gasteiger partial charge in [-0.15, -0.1) is 0 Å². The number of amides is 1. The third kappa shape index (κ3) is 6.52. The van der Waals surface area contributed by atoms with E-state index >= 15 is 0 Å². The summed E-state index contributed by atoms with van der Waals surface area (Å²) in [7, 11) is -4.49. The Balaban J connectivity index is 1.68. The van der Waals surface area contributed by atoms with Gasteiger partial charge in [-0.2, -0.15) is 17.5 Å². The van der Waals surface area contributed by atoms with E-state index in [9.17, 15) is 31.2 Å². The highest BCUT2D eigenvalue weighted by Crippen LogP contribution is 2.47. The van der Waals surface area contributed by atoms with Gasteiger partial charge in [0.15, 0.2) is 5.54 Å². The first kappa shape index (κ1) is 32.0. The third-order valence-electron chi connectivity index (χ3n) is 7.34. The first-order valence-corrected chi connectivity index (χ1v) is 15.4. The number of hydrogen-bond acceptors (Lipinski definition) is 5. The van der Waals surface area contributed by atoms with Crippen LogP contribution in [0.25, 0.3) is 0 Å². The summed E-state index contributed by atoms with van der Waals surface area (Å²) in [5, 5.41) is 12.2. The molecule has 1 heterocycles. The number of carbonyl (C=O) groups is 2. The van der Waals surface area contributed by atoms with Crippen molar-refractivity contribution in [1.29, 1.82) is 0 Å². The molecular formula is C28H28Cl2F3N3O5S.